The molecule has 42 nitrogen and oxygen atoms in total. The average Bonchev–Trinajstić information content (AvgIpc) is 3.41. The average molecular weight is 2410 g/mol. The van der Waals surface area contributed by atoms with Crippen molar-refractivity contribution in [2.24, 2.45) is 30.0 Å². The summed E-state index contributed by atoms with van der Waals surface area (Å²) in [6, 6.07) is 0. The van der Waals surface area contributed by atoms with Gasteiger partial charge in [0.05, 0.1) is 0 Å². The van der Waals surface area contributed by atoms with Gasteiger partial charge >= 0.3 is 205 Å². The maximum Gasteiger partial charge on any atom is 3.00 e. The van der Waals surface area contributed by atoms with Crippen molar-refractivity contribution in [3.05, 3.63) is 71.0 Å². The van der Waals surface area contributed by atoms with Gasteiger partial charge in [-0.15, -0.1) is 50.2 Å². The molecule has 0 aromatic heterocycles. The van der Waals surface area contributed by atoms with Crippen molar-refractivity contribution in [1.29, 1.82) is 0 Å². The quantitative estimate of drug-likeness (QED) is 0.0188. The zero-order valence-corrected chi connectivity index (χ0v) is 77.0. The molecule has 0 aliphatic heterocycles. The molecule has 0 saturated heterocycles. The Morgan fingerprint density at radius 2 is 0.308 bits per heavy atom. The molecule has 0 bridgehead atoms. The van der Waals surface area contributed by atoms with Gasteiger partial charge in [-0.1, -0.05) is 0 Å². The van der Waals surface area contributed by atoms with Crippen LogP contribution in [0.3, 0.4) is 0 Å². The Hall–Kier alpha value is 0.389. The molecule has 0 rings (SSSR count). The van der Waals surface area contributed by atoms with E-state index in [1.807, 2.05) is 0 Å². The summed E-state index contributed by atoms with van der Waals surface area (Å²) in [5.41, 5.74) is -0.510. The summed E-state index contributed by atoms with van der Waals surface area (Å²) in [4.78, 5) is 20.5. The molecule has 0 amide bonds. The normalized spacial score (nSPS) is 10.1. The number of hydrogen-bond donors (Lipinski definition) is 4. The van der Waals surface area contributed by atoms with Crippen LogP contribution in [0.4, 0.5) is 79.0 Å². The summed E-state index contributed by atoms with van der Waals surface area (Å²) in [7, 11) is 2.00. The Labute approximate surface area is 819 Å². The van der Waals surface area contributed by atoms with Gasteiger partial charge in [-0.25, -0.2) is 0 Å². The van der Waals surface area contributed by atoms with Crippen molar-refractivity contribution in [3.63, 3.8) is 0 Å². The van der Waals surface area contributed by atoms with Gasteiger partial charge in [0.15, 0.2) is 0 Å². The number of aliphatic imine (C=N–C) groups is 6. The summed E-state index contributed by atoms with van der Waals surface area (Å²) in [6.07, 6.45) is -27.0. The van der Waals surface area contributed by atoms with Crippen molar-refractivity contribution < 1.29 is 520 Å². The third-order valence-electron chi connectivity index (χ3n) is 6.43. The maximum atomic E-state index is 11.6. The van der Waals surface area contributed by atoms with Crippen LogP contribution in [-0.4, -0.2) is 294 Å². The summed E-state index contributed by atoms with van der Waals surface area (Å²) in [5, 5.41) is 157. The fourth-order valence-corrected chi connectivity index (χ4v) is 3.24. The van der Waals surface area contributed by atoms with Crippen LogP contribution < -0.4 is 111 Å². The first-order valence-electron chi connectivity index (χ1n) is 21.9. The SMILES string of the molecule is CC(/C=C(\[O-])C(F)(F)F)=NCC[O-].CC(/C=C(\[O-])C(F)(F)F)=NCC[O-].CC(/C=C(\[O-])C(F)(F)F)=NCC[O-].CC(/C=C(\[O-])C(F)(F)F)=NCC[O-].CC(/C=C(\[O-])C(F)(F)F)=NCC[O-].CC(/C=C(\[O-])C(F)(F)F)=NCC[O-].CO.CO.O.O.O.O.O.O.O.O.O.O.O.O.O[OH2+].O[OH2+].[Cl-].[Cl-].[Cl-].[Cl-].[Cu+2].[Cu+2].[Cu+2].[Cu+2].[Cu+2].[Cu+2].[OH-].[OH-].[OH-].[OH-].[OH-].[OH-].[Y+3].[Y+3].[Y]. The van der Waals surface area contributed by atoms with E-state index in [1.54, 1.807) is 0 Å². The molecule has 0 atom stereocenters. The van der Waals surface area contributed by atoms with Gasteiger partial charge < -0.3 is 220 Å². The van der Waals surface area contributed by atoms with Crippen LogP contribution in [0.15, 0.2) is 101 Å². The first-order chi connectivity index (χ1) is 39.3. The van der Waals surface area contributed by atoms with Gasteiger partial charge in [-0.2, -0.15) is 79.0 Å². The third kappa shape index (κ3) is 214. The van der Waals surface area contributed by atoms with E-state index >= 15 is 0 Å². The van der Waals surface area contributed by atoms with Gasteiger partial charge in [0.25, 0.3) is 0 Å². The molecule has 0 fully saturated rings. The molecule has 0 unspecified atom stereocenters. The Morgan fingerprint density at radius 1 is 0.248 bits per heavy atom. The van der Waals surface area contributed by atoms with Gasteiger partial charge in [0.2, 0.25) is 0 Å². The van der Waals surface area contributed by atoms with E-state index in [0.717, 1.165) is 14.2 Å². The standard InChI is InChI=1S/6C7H9F3NO2.2CH4O.4ClH.6Cu.2H2O2.18H2O.3Y/c6*1-5(11-2-3-12)4-6(13)7(8,9)10;2*1-2;;;;;;;;;;;2*1-2;;;;;;;;;;;;;;;;;;;;;/h6*4,13H,2-3H2,1H3;2*2H,1H3;4*1H;;;;;;;2*1-2H;18*1H2;;;/q6*-1;;;;;;;6*+2;;;;;;;;;;;;;;;;;;;;;;2*+3/p-14/b6*6-4-,11-5?;;;;;;;;;;;;;;;;;;;;;;;;;;;;;;;;;;;. The number of hydrogen-bond acceptors (Lipinski definition) is 28. The Balaban J connectivity index is -0.0000000142. The molecule has 7 radical (unpaired) electrons. The zero-order chi connectivity index (χ0) is 70.9. The van der Waals surface area contributed by atoms with E-state index in [4.69, 9.17) is 31.2 Å². The molecular formula is C44H92Cl4Cu6F18N6O36Y3-2. The van der Waals surface area contributed by atoms with Crippen LogP contribution in [0.1, 0.15) is 41.5 Å². The smallest absolute Gasteiger partial charge is 1.00 e. The van der Waals surface area contributed by atoms with E-state index in [-0.39, 0.29) is 422 Å². The molecule has 117 heavy (non-hydrogen) atoms. The van der Waals surface area contributed by atoms with Crippen molar-refractivity contribution in [2.45, 2.75) is 78.6 Å². The molecule has 0 aromatic carbocycles. The monoisotopic (exact) mass is 2410 g/mol. The van der Waals surface area contributed by atoms with Crippen LogP contribution in [0.2, 0.25) is 0 Å². The fourth-order valence-electron chi connectivity index (χ4n) is 3.24. The maximum absolute atomic E-state index is 11.6. The second-order valence-electron chi connectivity index (χ2n) is 13.4. The largest absolute Gasteiger partial charge is 3.00 e. The van der Waals surface area contributed by atoms with Crippen LogP contribution >= 0.6 is 0 Å². The molecule has 0 heterocycles. The number of aliphatic hydroxyl groups is 2. The third-order valence-corrected chi connectivity index (χ3v) is 6.43. The molecule has 0 saturated carbocycles. The van der Waals surface area contributed by atoms with Crippen molar-refractivity contribution in [2.75, 3.05) is 93.1 Å². The van der Waals surface area contributed by atoms with Crippen molar-refractivity contribution >= 4 is 34.3 Å². The molecule has 0 aliphatic rings. The van der Waals surface area contributed by atoms with E-state index in [9.17, 15) is 140 Å². The topological polar surface area (TPSA) is 1040 Å². The second kappa shape index (κ2) is 167. The first-order valence-corrected chi connectivity index (χ1v) is 21.9. The van der Waals surface area contributed by atoms with Crippen molar-refractivity contribution in [3.8, 4) is 0 Å². The van der Waals surface area contributed by atoms with Crippen LogP contribution in [0, 0.1) is 0 Å². The molecule has 0 aliphatic carbocycles. The molecule has 745 valence electrons. The molecule has 38 N–H and O–H groups in total. The Morgan fingerprint density at radius 3 is 0.350 bits per heavy atom. The number of halogens is 22. The predicted octanol–water partition coefficient (Wildman–Crippen LogP) is -27.7. The summed E-state index contributed by atoms with van der Waals surface area (Å²) in [5.74, 6) is -11.8. The number of nitrogens with zero attached hydrogens (tertiary/aromatic N) is 6. The number of alkyl halides is 18. The molecular weight excluding hydrogens is 2320 g/mol. The molecule has 73 heteroatoms. The van der Waals surface area contributed by atoms with E-state index in [2.05, 4.69) is 30.0 Å². The summed E-state index contributed by atoms with van der Waals surface area (Å²) >= 11 is 0. The Kier molecular flexibility index (Phi) is 388. The second-order valence-corrected chi connectivity index (χ2v) is 13.4. The summed E-state index contributed by atoms with van der Waals surface area (Å²) in [6.45, 7) is 3.66. The molecule has 0 aromatic rings. The number of aliphatic hydroxyl groups excluding tert-OH is 2. The van der Waals surface area contributed by atoms with Crippen LogP contribution in [0.5, 0.6) is 0 Å². The van der Waals surface area contributed by atoms with Crippen LogP contribution in [0.25, 0.3) is 0 Å². The van der Waals surface area contributed by atoms with E-state index in [0.29, 0.717) is 36.5 Å². The number of allylic oxidation sites excluding steroid dienone is 12. The minimum atomic E-state index is -4.87. The van der Waals surface area contributed by atoms with E-state index < -0.39 is 111 Å². The zero-order valence-electron chi connectivity index (χ0n) is 59.9. The summed E-state index contributed by atoms with van der Waals surface area (Å²) < 4.78 is 209. The van der Waals surface area contributed by atoms with Crippen LogP contribution in [-0.2, 0) is 201 Å². The first kappa shape index (κ1) is 273. The molecule has 0 spiro atoms. The Bertz CT molecular complexity index is 1820. The minimum absolute atomic E-state index is 0. The van der Waals surface area contributed by atoms with Gasteiger partial charge in [0, 0.05) is 120 Å². The van der Waals surface area contributed by atoms with E-state index in [1.165, 1.54) is 41.5 Å². The van der Waals surface area contributed by atoms with Gasteiger partial charge in [-0.05, 0) is 113 Å². The van der Waals surface area contributed by atoms with Gasteiger partial charge in [0.1, 0.15) is 0 Å². The van der Waals surface area contributed by atoms with Crippen molar-refractivity contribution in [1.82, 2.24) is 0 Å². The van der Waals surface area contributed by atoms with Gasteiger partial charge in [-0.3, -0.25) is 40.5 Å². The minimum Gasteiger partial charge on any atom is -1.00 e. The fraction of sp³-hybridized carbons (Fsp3) is 0.591. The predicted molar refractivity (Wildman–Crippen MR) is 306 cm³/mol. The number of rotatable bonds is 18.